The lowest BCUT2D eigenvalue weighted by molar-refractivity contribution is 0.144. The Morgan fingerprint density at radius 2 is 2.00 bits per heavy atom. The van der Waals surface area contributed by atoms with Gasteiger partial charge in [0, 0.05) is 33.4 Å². The Balaban J connectivity index is 2.27. The third kappa shape index (κ3) is 5.25. The third-order valence-corrected chi connectivity index (χ3v) is 3.77. The van der Waals surface area contributed by atoms with Crippen LogP contribution in [0.15, 0.2) is 0 Å². The van der Waals surface area contributed by atoms with E-state index in [-0.39, 0.29) is 11.4 Å². The van der Waals surface area contributed by atoms with Crippen LogP contribution in [0.1, 0.15) is 40.0 Å². The number of hydrogen-bond donors (Lipinski definition) is 1. The minimum atomic E-state index is 0.0902. The van der Waals surface area contributed by atoms with Gasteiger partial charge in [-0.05, 0) is 30.6 Å². The van der Waals surface area contributed by atoms with Crippen LogP contribution in [0.5, 0.6) is 0 Å². The quantitative estimate of drug-likeness (QED) is 0.821. The Hall–Kier alpha value is -0.770. The zero-order valence-electron chi connectivity index (χ0n) is 12.3. The van der Waals surface area contributed by atoms with Gasteiger partial charge in [-0.15, -0.1) is 0 Å². The summed E-state index contributed by atoms with van der Waals surface area (Å²) in [6.07, 6.45) is 3.21. The number of hydrogen-bond acceptors (Lipinski definition) is 2. The Labute approximate surface area is 111 Å². The number of carbonyl (C=O) groups excluding carboxylic acids is 1. The molecule has 1 saturated heterocycles. The molecule has 2 amide bonds. The lowest BCUT2D eigenvalue weighted by atomic mass is 9.90. The third-order valence-electron chi connectivity index (χ3n) is 3.77. The largest absolute Gasteiger partial charge is 0.385 e. The Kier molecular flexibility index (Phi) is 5.93. The Bertz CT molecular complexity index is 259. The van der Waals surface area contributed by atoms with E-state index >= 15 is 0 Å². The van der Waals surface area contributed by atoms with E-state index in [0.29, 0.717) is 6.54 Å². The van der Waals surface area contributed by atoms with Gasteiger partial charge < -0.3 is 15.0 Å². The van der Waals surface area contributed by atoms with Gasteiger partial charge in [0.05, 0.1) is 0 Å². The SMILES string of the molecule is COCCC(C)(C)CNC(=O)N1CCC(C)CC1. The van der Waals surface area contributed by atoms with Crippen molar-refractivity contribution in [2.75, 3.05) is 33.4 Å². The molecule has 0 bridgehead atoms. The van der Waals surface area contributed by atoms with E-state index in [0.717, 1.165) is 44.9 Å². The summed E-state index contributed by atoms with van der Waals surface area (Å²) in [5.74, 6) is 0.757. The van der Waals surface area contributed by atoms with Crippen molar-refractivity contribution in [1.82, 2.24) is 10.2 Å². The number of rotatable bonds is 5. The number of nitrogens with one attached hydrogen (secondary N) is 1. The smallest absolute Gasteiger partial charge is 0.317 e. The second kappa shape index (κ2) is 6.98. The van der Waals surface area contributed by atoms with Crippen molar-refractivity contribution < 1.29 is 9.53 Å². The van der Waals surface area contributed by atoms with Gasteiger partial charge in [-0.1, -0.05) is 20.8 Å². The Morgan fingerprint density at radius 3 is 2.56 bits per heavy atom. The molecule has 0 aromatic rings. The van der Waals surface area contributed by atoms with Crippen LogP contribution in [0.2, 0.25) is 0 Å². The van der Waals surface area contributed by atoms with Gasteiger partial charge in [0.25, 0.3) is 0 Å². The van der Waals surface area contributed by atoms with E-state index in [1.165, 1.54) is 0 Å². The van der Waals surface area contributed by atoms with Crippen LogP contribution in [0.4, 0.5) is 4.79 Å². The lowest BCUT2D eigenvalue weighted by Gasteiger charge is -2.32. The van der Waals surface area contributed by atoms with Gasteiger partial charge in [0.15, 0.2) is 0 Å². The molecule has 0 aromatic carbocycles. The van der Waals surface area contributed by atoms with Crippen molar-refractivity contribution in [3.8, 4) is 0 Å². The minimum Gasteiger partial charge on any atom is -0.385 e. The van der Waals surface area contributed by atoms with Crippen LogP contribution < -0.4 is 5.32 Å². The molecule has 1 heterocycles. The molecule has 0 aromatic heterocycles. The van der Waals surface area contributed by atoms with Crippen LogP contribution in [0.25, 0.3) is 0 Å². The average molecular weight is 256 g/mol. The molecule has 18 heavy (non-hydrogen) atoms. The van der Waals surface area contributed by atoms with Crippen LogP contribution in [0.3, 0.4) is 0 Å². The lowest BCUT2D eigenvalue weighted by Crippen LogP contribution is -2.46. The Morgan fingerprint density at radius 1 is 1.39 bits per heavy atom. The molecule has 4 heteroatoms. The van der Waals surface area contributed by atoms with Crippen LogP contribution >= 0.6 is 0 Å². The molecular weight excluding hydrogens is 228 g/mol. The molecule has 106 valence electrons. The van der Waals surface area contributed by atoms with Crippen LogP contribution in [0, 0.1) is 11.3 Å². The molecular formula is C14H28N2O2. The summed E-state index contributed by atoms with van der Waals surface area (Å²) in [6, 6.07) is 0.0902. The molecule has 1 aliphatic heterocycles. The molecule has 0 radical (unpaired) electrons. The average Bonchev–Trinajstić information content (AvgIpc) is 2.35. The highest BCUT2D eigenvalue weighted by Gasteiger charge is 2.23. The van der Waals surface area contributed by atoms with Crippen molar-refractivity contribution >= 4 is 6.03 Å². The summed E-state index contributed by atoms with van der Waals surface area (Å²) < 4.78 is 5.09. The highest BCUT2D eigenvalue weighted by molar-refractivity contribution is 5.74. The van der Waals surface area contributed by atoms with Gasteiger partial charge in [0.2, 0.25) is 0 Å². The summed E-state index contributed by atoms with van der Waals surface area (Å²) in [5.41, 5.74) is 0.0920. The van der Waals surface area contributed by atoms with Crippen molar-refractivity contribution in [2.24, 2.45) is 11.3 Å². The van der Waals surface area contributed by atoms with Crippen molar-refractivity contribution in [1.29, 1.82) is 0 Å². The summed E-state index contributed by atoms with van der Waals surface area (Å²) in [4.78, 5) is 13.9. The first-order valence-electron chi connectivity index (χ1n) is 6.96. The van der Waals surface area contributed by atoms with Gasteiger partial charge in [-0.2, -0.15) is 0 Å². The highest BCUT2D eigenvalue weighted by atomic mass is 16.5. The topological polar surface area (TPSA) is 41.6 Å². The number of urea groups is 1. The molecule has 1 N–H and O–H groups in total. The van der Waals surface area contributed by atoms with Gasteiger partial charge >= 0.3 is 6.03 Å². The van der Waals surface area contributed by atoms with Gasteiger partial charge in [-0.3, -0.25) is 0 Å². The van der Waals surface area contributed by atoms with Gasteiger partial charge in [0.1, 0.15) is 0 Å². The maximum Gasteiger partial charge on any atom is 0.317 e. The second-order valence-electron chi connectivity index (χ2n) is 6.24. The summed E-state index contributed by atoms with van der Waals surface area (Å²) in [7, 11) is 1.71. The minimum absolute atomic E-state index is 0.0902. The summed E-state index contributed by atoms with van der Waals surface area (Å²) >= 11 is 0. The van der Waals surface area contributed by atoms with Crippen LogP contribution in [-0.4, -0.2) is 44.3 Å². The van der Waals surface area contributed by atoms with E-state index < -0.39 is 0 Å². The fraction of sp³-hybridized carbons (Fsp3) is 0.929. The number of carbonyl (C=O) groups is 1. The summed E-state index contributed by atoms with van der Waals surface area (Å²) in [5, 5.41) is 3.05. The molecule has 0 atom stereocenters. The second-order valence-corrected chi connectivity index (χ2v) is 6.24. The number of likely N-dealkylation sites (tertiary alicyclic amines) is 1. The standard InChI is InChI=1S/C14H28N2O2/c1-12-5-8-16(9-6-12)13(17)15-11-14(2,3)7-10-18-4/h12H,5-11H2,1-4H3,(H,15,17). The number of amides is 2. The van der Waals surface area contributed by atoms with E-state index in [9.17, 15) is 4.79 Å². The van der Waals surface area contributed by atoms with E-state index in [1.807, 2.05) is 4.90 Å². The molecule has 1 aliphatic rings. The molecule has 4 nitrogen and oxygen atoms in total. The van der Waals surface area contributed by atoms with Crippen molar-refractivity contribution in [2.45, 2.75) is 40.0 Å². The fourth-order valence-electron chi connectivity index (χ4n) is 2.11. The molecule has 0 saturated carbocycles. The summed E-state index contributed by atoms with van der Waals surface area (Å²) in [6.45, 7) is 9.81. The zero-order chi connectivity index (χ0) is 13.6. The predicted octanol–water partition coefficient (Wildman–Crippen LogP) is 2.49. The molecule has 1 fully saturated rings. The number of methoxy groups -OCH3 is 1. The first kappa shape index (κ1) is 15.3. The normalized spacial score (nSPS) is 17.9. The first-order chi connectivity index (χ1) is 8.44. The zero-order valence-corrected chi connectivity index (χ0v) is 12.3. The van der Waals surface area contributed by atoms with Crippen molar-refractivity contribution in [3.63, 3.8) is 0 Å². The van der Waals surface area contributed by atoms with E-state index in [2.05, 4.69) is 26.1 Å². The maximum absolute atomic E-state index is 12.0. The van der Waals surface area contributed by atoms with Crippen molar-refractivity contribution in [3.05, 3.63) is 0 Å². The van der Waals surface area contributed by atoms with Gasteiger partial charge in [-0.25, -0.2) is 4.79 Å². The number of piperidine rings is 1. The molecule has 0 aliphatic carbocycles. The fourth-order valence-corrected chi connectivity index (χ4v) is 2.11. The molecule has 1 rings (SSSR count). The van der Waals surface area contributed by atoms with E-state index in [1.54, 1.807) is 7.11 Å². The molecule has 0 unspecified atom stereocenters. The first-order valence-corrected chi connectivity index (χ1v) is 6.96. The number of ether oxygens (including phenoxy) is 1. The highest BCUT2D eigenvalue weighted by Crippen LogP contribution is 2.19. The van der Waals surface area contributed by atoms with E-state index in [4.69, 9.17) is 4.74 Å². The number of nitrogens with zero attached hydrogens (tertiary/aromatic N) is 1. The monoisotopic (exact) mass is 256 g/mol. The predicted molar refractivity (Wildman–Crippen MR) is 73.6 cm³/mol. The maximum atomic E-state index is 12.0. The molecule has 0 spiro atoms. The van der Waals surface area contributed by atoms with Crippen LogP contribution in [-0.2, 0) is 4.74 Å².